The standard InChI is InChI=1S/C14H12Cl2IN3/c1-18-14-11(17)12(7-2-3-7)19-13(20-14)8-4-5-9(15)10(16)6-8/h4-7H,2-3H2,1H3,(H,18,19,20). The summed E-state index contributed by atoms with van der Waals surface area (Å²) < 4.78 is 1.11. The van der Waals surface area contributed by atoms with E-state index in [4.69, 9.17) is 28.2 Å². The topological polar surface area (TPSA) is 37.8 Å². The summed E-state index contributed by atoms with van der Waals surface area (Å²) in [6.45, 7) is 0. The van der Waals surface area contributed by atoms with Gasteiger partial charge >= 0.3 is 0 Å². The summed E-state index contributed by atoms with van der Waals surface area (Å²) in [6, 6.07) is 5.48. The minimum absolute atomic E-state index is 0.519. The SMILES string of the molecule is CNc1nc(-c2ccc(Cl)c(Cl)c2)nc(C2CC2)c1I. The molecule has 104 valence electrons. The van der Waals surface area contributed by atoms with Crippen LogP contribution >= 0.6 is 45.8 Å². The van der Waals surface area contributed by atoms with Crippen molar-refractivity contribution in [1.29, 1.82) is 0 Å². The van der Waals surface area contributed by atoms with Crippen LogP contribution in [0.2, 0.25) is 10.0 Å². The van der Waals surface area contributed by atoms with E-state index in [1.165, 1.54) is 12.8 Å². The molecule has 1 aromatic heterocycles. The van der Waals surface area contributed by atoms with Gasteiger partial charge in [0.05, 0.1) is 19.3 Å². The zero-order valence-corrected chi connectivity index (χ0v) is 14.4. The van der Waals surface area contributed by atoms with E-state index in [2.05, 4.69) is 32.9 Å². The molecule has 1 aliphatic rings. The summed E-state index contributed by atoms with van der Waals surface area (Å²) >= 11 is 14.3. The molecule has 3 rings (SSSR count). The summed E-state index contributed by atoms with van der Waals surface area (Å²) in [5.74, 6) is 2.12. The number of hydrogen-bond donors (Lipinski definition) is 1. The lowest BCUT2D eigenvalue weighted by molar-refractivity contribution is 0.979. The minimum atomic E-state index is 0.519. The summed E-state index contributed by atoms with van der Waals surface area (Å²) in [4.78, 5) is 9.29. The maximum atomic E-state index is 6.08. The van der Waals surface area contributed by atoms with Crippen LogP contribution in [-0.4, -0.2) is 17.0 Å². The molecule has 1 fully saturated rings. The lowest BCUT2D eigenvalue weighted by Crippen LogP contribution is -2.04. The minimum Gasteiger partial charge on any atom is -0.372 e. The van der Waals surface area contributed by atoms with Crippen LogP contribution in [0.25, 0.3) is 11.4 Å². The molecule has 1 saturated carbocycles. The van der Waals surface area contributed by atoms with Gasteiger partial charge in [-0.1, -0.05) is 23.2 Å². The summed E-state index contributed by atoms with van der Waals surface area (Å²) in [6.07, 6.45) is 2.41. The Hall–Kier alpha value is -0.590. The molecule has 1 N–H and O–H groups in total. The molecule has 0 unspecified atom stereocenters. The van der Waals surface area contributed by atoms with Gasteiger partial charge in [-0.25, -0.2) is 9.97 Å². The molecule has 20 heavy (non-hydrogen) atoms. The number of anilines is 1. The Morgan fingerprint density at radius 2 is 1.95 bits per heavy atom. The Morgan fingerprint density at radius 3 is 2.55 bits per heavy atom. The average molecular weight is 420 g/mol. The lowest BCUT2D eigenvalue weighted by atomic mass is 10.2. The van der Waals surface area contributed by atoms with Crippen LogP contribution in [0.3, 0.4) is 0 Å². The van der Waals surface area contributed by atoms with Gasteiger partial charge in [0.15, 0.2) is 5.82 Å². The van der Waals surface area contributed by atoms with Crippen LogP contribution in [0, 0.1) is 3.57 Å². The maximum Gasteiger partial charge on any atom is 0.161 e. The third-order valence-corrected chi connectivity index (χ3v) is 5.06. The Bertz CT molecular complexity index is 672. The number of rotatable bonds is 3. The fourth-order valence-electron chi connectivity index (χ4n) is 2.02. The van der Waals surface area contributed by atoms with Crippen LogP contribution < -0.4 is 5.32 Å². The highest BCUT2D eigenvalue weighted by atomic mass is 127. The van der Waals surface area contributed by atoms with Crippen molar-refractivity contribution in [2.45, 2.75) is 18.8 Å². The first kappa shape index (κ1) is 14.4. The van der Waals surface area contributed by atoms with Crippen molar-refractivity contribution < 1.29 is 0 Å². The van der Waals surface area contributed by atoms with Crippen LogP contribution in [0.15, 0.2) is 18.2 Å². The summed E-state index contributed by atoms with van der Waals surface area (Å²) in [5.41, 5.74) is 2.01. The summed E-state index contributed by atoms with van der Waals surface area (Å²) in [5, 5.41) is 4.19. The van der Waals surface area contributed by atoms with Gasteiger partial charge < -0.3 is 5.32 Å². The molecule has 0 spiro atoms. The number of benzene rings is 1. The molecule has 2 aromatic rings. The Balaban J connectivity index is 2.12. The van der Waals surface area contributed by atoms with Crippen molar-refractivity contribution in [1.82, 2.24) is 9.97 Å². The first-order chi connectivity index (χ1) is 9.60. The molecule has 0 radical (unpaired) electrons. The Labute approximate surface area is 141 Å². The smallest absolute Gasteiger partial charge is 0.161 e. The van der Waals surface area contributed by atoms with Gasteiger partial charge in [-0.15, -0.1) is 0 Å². The van der Waals surface area contributed by atoms with Gasteiger partial charge in [-0.05, 0) is 53.6 Å². The molecule has 1 aliphatic carbocycles. The van der Waals surface area contributed by atoms with E-state index in [1.54, 1.807) is 6.07 Å². The van der Waals surface area contributed by atoms with Crippen LogP contribution in [0.5, 0.6) is 0 Å². The van der Waals surface area contributed by atoms with Crippen LogP contribution in [0.4, 0.5) is 5.82 Å². The van der Waals surface area contributed by atoms with Gasteiger partial charge in [-0.2, -0.15) is 0 Å². The van der Waals surface area contributed by atoms with Crippen molar-refractivity contribution in [2.24, 2.45) is 0 Å². The number of nitrogens with zero attached hydrogens (tertiary/aromatic N) is 2. The Morgan fingerprint density at radius 1 is 1.20 bits per heavy atom. The van der Waals surface area contributed by atoms with Gasteiger partial charge in [0, 0.05) is 18.5 Å². The Kier molecular flexibility index (Phi) is 4.06. The lowest BCUT2D eigenvalue weighted by Gasteiger charge is -2.11. The molecule has 1 heterocycles. The van der Waals surface area contributed by atoms with E-state index in [0.29, 0.717) is 21.8 Å². The van der Waals surface area contributed by atoms with Crippen molar-refractivity contribution in [3.05, 3.63) is 37.5 Å². The third kappa shape index (κ3) is 2.73. The normalized spacial score (nSPS) is 14.4. The van der Waals surface area contributed by atoms with Gasteiger partial charge in [-0.3, -0.25) is 0 Å². The average Bonchev–Trinajstić information content (AvgIpc) is 3.27. The van der Waals surface area contributed by atoms with Gasteiger partial charge in [0.2, 0.25) is 0 Å². The first-order valence-electron chi connectivity index (χ1n) is 6.30. The maximum absolute atomic E-state index is 6.08. The van der Waals surface area contributed by atoms with E-state index < -0.39 is 0 Å². The van der Waals surface area contributed by atoms with Gasteiger partial charge in [0.1, 0.15) is 5.82 Å². The van der Waals surface area contributed by atoms with E-state index in [0.717, 1.165) is 20.6 Å². The molecular weight excluding hydrogens is 408 g/mol. The predicted octanol–water partition coefficient (Wildman–Crippen LogP) is 4.97. The van der Waals surface area contributed by atoms with Crippen molar-refractivity contribution in [2.75, 3.05) is 12.4 Å². The molecule has 0 aliphatic heterocycles. The molecular formula is C14H12Cl2IN3. The van der Waals surface area contributed by atoms with Crippen LogP contribution in [0.1, 0.15) is 24.5 Å². The number of hydrogen-bond acceptors (Lipinski definition) is 3. The number of halogens is 3. The third-order valence-electron chi connectivity index (χ3n) is 3.26. The molecule has 0 amide bonds. The predicted molar refractivity (Wildman–Crippen MR) is 91.7 cm³/mol. The van der Waals surface area contributed by atoms with Crippen LogP contribution in [-0.2, 0) is 0 Å². The highest BCUT2D eigenvalue weighted by Crippen LogP contribution is 2.43. The number of nitrogens with one attached hydrogen (secondary N) is 1. The van der Waals surface area contributed by atoms with E-state index >= 15 is 0 Å². The monoisotopic (exact) mass is 419 g/mol. The molecule has 0 atom stereocenters. The largest absolute Gasteiger partial charge is 0.372 e. The molecule has 1 aromatic carbocycles. The second-order valence-corrected chi connectivity index (χ2v) is 6.64. The summed E-state index contributed by atoms with van der Waals surface area (Å²) in [7, 11) is 1.87. The van der Waals surface area contributed by atoms with Crippen molar-refractivity contribution in [3.8, 4) is 11.4 Å². The highest BCUT2D eigenvalue weighted by molar-refractivity contribution is 14.1. The highest BCUT2D eigenvalue weighted by Gasteiger charge is 2.29. The van der Waals surface area contributed by atoms with E-state index in [9.17, 15) is 0 Å². The van der Waals surface area contributed by atoms with Crippen molar-refractivity contribution in [3.63, 3.8) is 0 Å². The fourth-order valence-corrected chi connectivity index (χ4v) is 3.27. The van der Waals surface area contributed by atoms with Gasteiger partial charge in [0.25, 0.3) is 0 Å². The molecule has 0 bridgehead atoms. The van der Waals surface area contributed by atoms with Crippen molar-refractivity contribution >= 4 is 51.6 Å². The quantitative estimate of drug-likeness (QED) is 0.713. The zero-order chi connectivity index (χ0) is 14.3. The van der Waals surface area contributed by atoms with E-state index in [1.807, 2.05) is 19.2 Å². The van der Waals surface area contributed by atoms with E-state index in [-0.39, 0.29) is 0 Å². The molecule has 6 heteroatoms. The fraction of sp³-hybridized carbons (Fsp3) is 0.286. The second kappa shape index (κ2) is 5.66. The molecule has 0 saturated heterocycles. The second-order valence-electron chi connectivity index (χ2n) is 4.75. The molecule has 3 nitrogen and oxygen atoms in total. The number of aromatic nitrogens is 2. The first-order valence-corrected chi connectivity index (χ1v) is 8.14. The zero-order valence-electron chi connectivity index (χ0n) is 10.8.